The highest BCUT2D eigenvalue weighted by atomic mass is 35.5. The summed E-state index contributed by atoms with van der Waals surface area (Å²) in [6.07, 6.45) is -10.1. The fourth-order valence-electron chi connectivity index (χ4n) is 2.26. The third-order valence-electron chi connectivity index (χ3n) is 3.43. The van der Waals surface area contributed by atoms with Crippen LogP contribution in [0.1, 0.15) is 35.3 Å². The molecule has 27 heavy (non-hydrogen) atoms. The van der Waals surface area contributed by atoms with E-state index < -0.39 is 41.0 Å². The molecule has 0 unspecified atom stereocenters. The lowest BCUT2D eigenvalue weighted by atomic mass is 10.0. The molecule has 2 aromatic rings. The van der Waals surface area contributed by atoms with E-state index in [-0.39, 0.29) is 17.0 Å². The first kappa shape index (κ1) is 20.9. The minimum Gasteiger partial charge on any atom is -0.289 e. The van der Waals surface area contributed by atoms with Crippen LogP contribution in [0, 0.1) is 0 Å². The number of benzene rings is 1. The summed E-state index contributed by atoms with van der Waals surface area (Å²) in [6, 6.07) is 2.65. The number of alkyl halides is 6. The van der Waals surface area contributed by atoms with Crippen LogP contribution in [-0.4, -0.2) is 22.1 Å². The topological polar surface area (TPSA) is 46.1 Å². The van der Waals surface area contributed by atoms with E-state index in [1.54, 1.807) is 0 Å². The highest BCUT2D eigenvalue weighted by Crippen LogP contribution is 2.36. The Labute approximate surface area is 154 Å². The van der Waals surface area contributed by atoms with Crippen LogP contribution in [0.3, 0.4) is 0 Å². The van der Waals surface area contributed by atoms with Crippen molar-refractivity contribution in [2.24, 2.45) is 0 Å². The summed E-state index contributed by atoms with van der Waals surface area (Å²) < 4.78 is 78.0. The molecule has 11 heteroatoms. The first-order chi connectivity index (χ1) is 12.3. The van der Waals surface area contributed by atoms with Gasteiger partial charge in [0.2, 0.25) is 0 Å². The van der Waals surface area contributed by atoms with Crippen LogP contribution in [-0.2, 0) is 12.4 Å². The number of amides is 1. The number of anilines is 1. The average Bonchev–Trinajstić information content (AvgIpc) is 2.54. The Hall–Kier alpha value is -2.36. The van der Waals surface area contributed by atoms with E-state index >= 15 is 0 Å². The second-order valence-electron chi connectivity index (χ2n) is 5.78. The van der Waals surface area contributed by atoms with Crippen molar-refractivity contribution in [3.8, 4) is 0 Å². The lowest BCUT2D eigenvalue weighted by Crippen LogP contribution is -2.38. The maximum atomic E-state index is 13.0. The molecule has 0 radical (unpaired) electrons. The number of hydrogen-bond donors (Lipinski definition) is 0. The zero-order valence-corrected chi connectivity index (χ0v) is 14.6. The summed E-state index contributed by atoms with van der Waals surface area (Å²) in [5.41, 5.74) is -3.93. The van der Waals surface area contributed by atoms with Gasteiger partial charge in [-0.05, 0) is 44.2 Å². The van der Waals surface area contributed by atoms with Crippen LogP contribution in [0.25, 0.3) is 0 Å². The molecule has 0 atom stereocenters. The average molecular weight is 412 g/mol. The number of carbonyl (C=O) groups is 1. The molecule has 146 valence electrons. The molecule has 0 bridgehead atoms. The molecule has 1 aromatic carbocycles. The summed E-state index contributed by atoms with van der Waals surface area (Å²) in [5.74, 6) is -1.15. The third kappa shape index (κ3) is 4.88. The fourth-order valence-corrected chi connectivity index (χ4v) is 2.36. The Morgan fingerprint density at radius 3 is 1.85 bits per heavy atom. The Kier molecular flexibility index (Phi) is 5.69. The molecule has 0 fully saturated rings. The smallest absolute Gasteiger partial charge is 0.289 e. The fraction of sp³-hybridized carbons (Fsp3) is 0.312. The van der Waals surface area contributed by atoms with Crippen molar-refractivity contribution >= 4 is 23.3 Å². The molecule has 0 saturated heterocycles. The van der Waals surface area contributed by atoms with Gasteiger partial charge in [0.15, 0.2) is 11.0 Å². The molecule has 1 amide bonds. The molecular formula is C16H12ClF6N3O. The van der Waals surface area contributed by atoms with Crippen LogP contribution in [0.5, 0.6) is 0 Å². The van der Waals surface area contributed by atoms with Crippen molar-refractivity contribution < 1.29 is 31.1 Å². The van der Waals surface area contributed by atoms with Crippen molar-refractivity contribution in [2.45, 2.75) is 32.2 Å². The molecule has 1 aromatic heterocycles. The monoisotopic (exact) mass is 411 g/mol. The van der Waals surface area contributed by atoms with Crippen LogP contribution >= 0.6 is 11.6 Å². The first-order valence-electron chi connectivity index (χ1n) is 7.43. The Balaban J connectivity index is 2.59. The largest absolute Gasteiger partial charge is 0.416 e. The van der Waals surface area contributed by atoms with E-state index in [1.165, 1.54) is 26.0 Å². The Morgan fingerprint density at radius 2 is 1.48 bits per heavy atom. The SMILES string of the molecule is CC(C)N(C(=O)c1cc(C(F)(F)F)cc(C(F)(F)F)c1)c1ccc(Cl)nn1. The van der Waals surface area contributed by atoms with Crippen molar-refractivity contribution in [3.05, 3.63) is 52.2 Å². The minimum absolute atomic E-state index is 0.00771. The van der Waals surface area contributed by atoms with E-state index in [2.05, 4.69) is 10.2 Å². The minimum atomic E-state index is -5.06. The van der Waals surface area contributed by atoms with Gasteiger partial charge < -0.3 is 0 Å². The van der Waals surface area contributed by atoms with Gasteiger partial charge >= 0.3 is 12.4 Å². The predicted octanol–water partition coefficient (Wildman–Crippen LogP) is 5.22. The highest BCUT2D eigenvalue weighted by molar-refractivity contribution is 6.29. The van der Waals surface area contributed by atoms with Gasteiger partial charge in [0.05, 0.1) is 11.1 Å². The zero-order chi connectivity index (χ0) is 20.6. The number of halogens is 7. The molecule has 0 saturated carbocycles. The van der Waals surface area contributed by atoms with Crippen molar-refractivity contribution in [2.75, 3.05) is 4.90 Å². The van der Waals surface area contributed by atoms with Crippen LogP contribution < -0.4 is 4.90 Å². The van der Waals surface area contributed by atoms with Gasteiger partial charge in [-0.15, -0.1) is 10.2 Å². The second-order valence-corrected chi connectivity index (χ2v) is 6.16. The Bertz CT molecular complexity index is 801. The summed E-state index contributed by atoms with van der Waals surface area (Å²) in [5, 5.41) is 7.21. The normalized spacial score (nSPS) is 12.4. The van der Waals surface area contributed by atoms with Gasteiger partial charge in [0.25, 0.3) is 5.91 Å². The van der Waals surface area contributed by atoms with Crippen molar-refractivity contribution in [1.82, 2.24) is 10.2 Å². The number of nitrogens with zero attached hydrogens (tertiary/aromatic N) is 3. The molecule has 0 spiro atoms. The third-order valence-corrected chi connectivity index (χ3v) is 3.64. The summed E-state index contributed by atoms with van der Waals surface area (Å²) in [7, 11) is 0. The molecule has 0 N–H and O–H groups in total. The Morgan fingerprint density at radius 1 is 0.963 bits per heavy atom. The number of rotatable bonds is 3. The number of hydrogen-bond acceptors (Lipinski definition) is 3. The predicted molar refractivity (Wildman–Crippen MR) is 85.4 cm³/mol. The van der Waals surface area contributed by atoms with Crippen molar-refractivity contribution in [1.29, 1.82) is 0 Å². The quantitative estimate of drug-likeness (QED) is 0.650. The second kappa shape index (κ2) is 7.34. The van der Waals surface area contributed by atoms with Crippen LogP contribution in [0.4, 0.5) is 32.2 Å². The van der Waals surface area contributed by atoms with Crippen LogP contribution in [0.15, 0.2) is 30.3 Å². The summed E-state index contributed by atoms with van der Waals surface area (Å²) >= 11 is 5.61. The lowest BCUT2D eigenvalue weighted by Gasteiger charge is -2.26. The molecule has 1 heterocycles. The highest BCUT2D eigenvalue weighted by Gasteiger charge is 2.38. The van der Waals surface area contributed by atoms with Gasteiger partial charge in [-0.3, -0.25) is 9.69 Å². The van der Waals surface area contributed by atoms with Gasteiger partial charge in [0, 0.05) is 11.6 Å². The van der Waals surface area contributed by atoms with E-state index in [1.807, 2.05) is 0 Å². The van der Waals surface area contributed by atoms with Gasteiger partial charge in [-0.2, -0.15) is 26.3 Å². The first-order valence-corrected chi connectivity index (χ1v) is 7.81. The molecule has 0 aliphatic rings. The molecule has 0 aliphatic heterocycles. The maximum absolute atomic E-state index is 13.0. The maximum Gasteiger partial charge on any atom is 0.416 e. The van der Waals surface area contributed by atoms with Crippen LogP contribution in [0.2, 0.25) is 5.15 Å². The molecule has 4 nitrogen and oxygen atoms in total. The lowest BCUT2D eigenvalue weighted by molar-refractivity contribution is -0.143. The standard InChI is InChI=1S/C16H12ClF6N3O/c1-8(2)26(13-4-3-12(17)24-25-13)14(27)9-5-10(15(18,19)20)7-11(6-9)16(21,22)23/h3-8H,1-2H3. The van der Waals surface area contributed by atoms with Gasteiger partial charge in [-0.1, -0.05) is 11.6 Å². The van der Waals surface area contributed by atoms with E-state index in [0.29, 0.717) is 12.1 Å². The van der Waals surface area contributed by atoms with E-state index in [4.69, 9.17) is 11.6 Å². The van der Waals surface area contributed by atoms with Gasteiger partial charge in [-0.25, -0.2) is 0 Å². The number of carbonyl (C=O) groups excluding carboxylic acids is 1. The molecular weight excluding hydrogens is 400 g/mol. The summed E-state index contributed by atoms with van der Waals surface area (Å²) in [4.78, 5) is 13.7. The summed E-state index contributed by atoms with van der Waals surface area (Å²) in [6.45, 7) is 3.04. The van der Waals surface area contributed by atoms with E-state index in [0.717, 1.165) is 4.90 Å². The number of aromatic nitrogens is 2. The molecule has 2 rings (SSSR count). The van der Waals surface area contributed by atoms with E-state index in [9.17, 15) is 31.1 Å². The zero-order valence-electron chi connectivity index (χ0n) is 13.9. The van der Waals surface area contributed by atoms with Gasteiger partial charge in [0.1, 0.15) is 0 Å². The molecule has 0 aliphatic carbocycles. The van der Waals surface area contributed by atoms with Crippen molar-refractivity contribution in [3.63, 3.8) is 0 Å².